The molecule has 3 heteroatoms. The van der Waals surface area contributed by atoms with E-state index < -0.39 is 0 Å². The predicted molar refractivity (Wildman–Crippen MR) is 78.1 cm³/mol. The van der Waals surface area contributed by atoms with E-state index in [1.807, 2.05) is 19.1 Å². The number of nitrogens with two attached hydrogens (primary N) is 1. The molecule has 3 rings (SSSR count). The highest BCUT2D eigenvalue weighted by molar-refractivity contribution is 5.87. The average Bonchev–Trinajstić information content (AvgIpc) is 2.71. The van der Waals surface area contributed by atoms with Gasteiger partial charge in [0.1, 0.15) is 5.52 Å². The summed E-state index contributed by atoms with van der Waals surface area (Å²) in [6.45, 7) is 6.14. The van der Waals surface area contributed by atoms with Crippen molar-refractivity contribution in [2.24, 2.45) is 0 Å². The number of fused-ring (bicyclic) bond motifs is 1. The second-order valence-corrected chi connectivity index (χ2v) is 5.10. The van der Waals surface area contributed by atoms with Gasteiger partial charge in [-0.15, -0.1) is 0 Å². The maximum atomic E-state index is 5.97. The van der Waals surface area contributed by atoms with Gasteiger partial charge in [-0.1, -0.05) is 17.2 Å². The van der Waals surface area contributed by atoms with E-state index in [2.05, 4.69) is 37.0 Å². The number of nitrogens with zero attached hydrogens (tertiary/aromatic N) is 1. The van der Waals surface area contributed by atoms with Gasteiger partial charge in [0.15, 0.2) is 5.58 Å². The molecule has 0 amide bonds. The Hall–Kier alpha value is -2.29. The SMILES string of the molecule is Cc1cc(C)cc(-c2nc3cc(C)cc(N)c3o2)c1. The Morgan fingerprint density at radius 3 is 2.21 bits per heavy atom. The van der Waals surface area contributed by atoms with Gasteiger partial charge in [-0.25, -0.2) is 4.98 Å². The zero-order valence-electron chi connectivity index (χ0n) is 11.3. The Morgan fingerprint density at radius 2 is 1.53 bits per heavy atom. The summed E-state index contributed by atoms with van der Waals surface area (Å²) in [6, 6.07) is 10.2. The van der Waals surface area contributed by atoms with E-state index in [4.69, 9.17) is 10.2 Å². The quantitative estimate of drug-likeness (QED) is 0.666. The van der Waals surface area contributed by atoms with E-state index in [9.17, 15) is 0 Å². The summed E-state index contributed by atoms with van der Waals surface area (Å²) in [7, 11) is 0. The molecule has 0 aliphatic heterocycles. The summed E-state index contributed by atoms with van der Waals surface area (Å²) >= 11 is 0. The molecule has 0 saturated heterocycles. The fraction of sp³-hybridized carbons (Fsp3) is 0.188. The standard InChI is InChI=1S/C16H16N2O/c1-9-4-10(2)6-12(5-9)16-18-14-8-11(3)7-13(17)15(14)19-16/h4-8H,17H2,1-3H3. The van der Waals surface area contributed by atoms with Gasteiger partial charge in [0.25, 0.3) is 0 Å². The fourth-order valence-corrected chi connectivity index (χ4v) is 2.43. The number of oxazole rings is 1. The van der Waals surface area contributed by atoms with Gasteiger partial charge in [0.05, 0.1) is 5.69 Å². The highest BCUT2D eigenvalue weighted by atomic mass is 16.3. The molecule has 2 aromatic carbocycles. The van der Waals surface area contributed by atoms with E-state index >= 15 is 0 Å². The molecule has 0 spiro atoms. The lowest BCUT2D eigenvalue weighted by atomic mass is 10.1. The lowest BCUT2D eigenvalue weighted by molar-refractivity contribution is 0.621. The third-order valence-electron chi connectivity index (χ3n) is 3.13. The van der Waals surface area contributed by atoms with E-state index in [0.29, 0.717) is 17.2 Å². The second kappa shape index (κ2) is 4.12. The third kappa shape index (κ3) is 2.08. The van der Waals surface area contributed by atoms with Crippen molar-refractivity contribution in [2.75, 3.05) is 5.73 Å². The number of benzene rings is 2. The van der Waals surface area contributed by atoms with Crippen molar-refractivity contribution >= 4 is 16.8 Å². The molecule has 0 saturated carbocycles. The minimum atomic E-state index is 0.624. The first-order valence-corrected chi connectivity index (χ1v) is 6.28. The fourth-order valence-electron chi connectivity index (χ4n) is 2.43. The zero-order chi connectivity index (χ0) is 13.6. The topological polar surface area (TPSA) is 52.0 Å². The molecule has 0 unspecified atom stereocenters. The van der Waals surface area contributed by atoms with Crippen LogP contribution in [0.5, 0.6) is 0 Å². The van der Waals surface area contributed by atoms with Crippen LogP contribution < -0.4 is 5.73 Å². The van der Waals surface area contributed by atoms with Crippen LogP contribution in [0.25, 0.3) is 22.6 Å². The molecule has 96 valence electrons. The van der Waals surface area contributed by atoms with E-state index in [1.54, 1.807) is 0 Å². The van der Waals surface area contributed by atoms with Crippen LogP contribution in [0.1, 0.15) is 16.7 Å². The Morgan fingerprint density at radius 1 is 0.895 bits per heavy atom. The second-order valence-electron chi connectivity index (χ2n) is 5.10. The predicted octanol–water partition coefficient (Wildman–Crippen LogP) is 4.00. The van der Waals surface area contributed by atoms with Gasteiger partial charge in [-0.05, 0) is 50.6 Å². The number of aromatic nitrogens is 1. The van der Waals surface area contributed by atoms with Crippen LogP contribution in [0.15, 0.2) is 34.7 Å². The molecule has 0 fully saturated rings. The molecular formula is C16H16N2O. The van der Waals surface area contributed by atoms with Crippen LogP contribution >= 0.6 is 0 Å². The summed E-state index contributed by atoms with van der Waals surface area (Å²) in [5.74, 6) is 0.624. The average molecular weight is 252 g/mol. The first kappa shape index (κ1) is 11.8. The molecule has 0 aliphatic rings. The Labute approximate surface area is 112 Å². The van der Waals surface area contributed by atoms with E-state index in [-0.39, 0.29) is 0 Å². The molecule has 3 aromatic rings. The summed E-state index contributed by atoms with van der Waals surface area (Å²) in [5, 5.41) is 0. The zero-order valence-corrected chi connectivity index (χ0v) is 11.3. The van der Waals surface area contributed by atoms with Crippen LogP contribution in [-0.4, -0.2) is 4.98 Å². The summed E-state index contributed by atoms with van der Waals surface area (Å²) < 4.78 is 5.81. The number of hydrogen-bond acceptors (Lipinski definition) is 3. The van der Waals surface area contributed by atoms with Crippen molar-refractivity contribution in [3.63, 3.8) is 0 Å². The summed E-state index contributed by atoms with van der Waals surface area (Å²) in [4.78, 5) is 4.54. The molecule has 1 heterocycles. The molecule has 0 bridgehead atoms. The number of aryl methyl sites for hydroxylation is 3. The van der Waals surface area contributed by atoms with Crippen LogP contribution in [0.3, 0.4) is 0 Å². The smallest absolute Gasteiger partial charge is 0.227 e. The molecule has 19 heavy (non-hydrogen) atoms. The van der Waals surface area contributed by atoms with E-state index in [1.165, 1.54) is 11.1 Å². The van der Waals surface area contributed by atoms with Gasteiger partial charge in [0.2, 0.25) is 5.89 Å². The van der Waals surface area contributed by atoms with Crippen molar-refractivity contribution in [1.29, 1.82) is 0 Å². The minimum absolute atomic E-state index is 0.624. The summed E-state index contributed by atoms with van der Waals surface area (Å²) in [6.07, 6.45) is 0. The maximum Gasteiger partial charge on any atom is 0.227 e. The van der Waals surface area contributed by atoms with Gasteiger partial charge in [0, 0.05) is 5.56 Å². The molecule has 1 aromatic heterocycles. The molecule has 2 N–H and O–H groups in total. The monoisotopic (exact) mass is 252 g/mol. The van der Waals surface area contributed by atoms with Gasteiger partial charge in [-0.2, -0.15) is 0 Å². The normalized spacial score (nSPS) is 11.1. The maximum absolute atomic E-state index is 5.97. The first-order chi connectivity index (χ1) is 9.02. The van der Waals surface area contributed by atoms with Gasteiger partial charge < -0.3 is 10.2 Å². The van der Waals surface area contributed by atoms with Crippen molar-refractivity contribution in [1.82, 2.24) is 4.98 Å². The Bertz CT molecular complexity index is 752. The van der Waals surface area contributed by atoms with Crippen LogP contribution in [0, 0.1) is 20.8 Å². The minimum Gasteiger partial charge on any atom is -0.434 e. The molecule has 0 radical (unpaired) electrons. The Kier molecular flexibility index (Phi) is 2.56. The van der Waals surface area contributed by atoms with Gasteiger partial charge >= 0.3 is 0 Å². The van der Waals surface area contributed by atoms with Crippen LogP contribution in [0.4, 0.5) is 5.69 Å². The Balaban J connectivity index is 2.23. The third-order valence-corrected chi connectivity index (χ3v) is 3.13. The highest BCUT2D eigenvalue weighted by Crippen LogP contribution is 2.29. The molecular weight excluding hydrogens is 236 g/mol. The highest BCUT2D eigenvalue weighted by Gasteiger charge is 2.11. The van der Waals surface area contributed by atoms with Crippen molar-refractivity contribution in [3.8, 4) is 11.5 Å². The molecule has 0 atom stereocenters. The van der Waals surface area contributed by atoms with Crippen LogP contribution in [-0.2, 0) is 0 Å². The van der Waals surface area contributed by atoms with E-state index in [0.717, 1.165) is 16.6 Å². The number of anilines is 1. The molecule has 3 nitrogen and oxygen atoms in total. The number of rotatable bonds is 1. The lowest BCUT2D eigenvalue weighted by Gasteiger charge is -2.00. The van der Waals surface area contributed by atoms with Crippen molar-refractivity contribution in [2.45, 2.75) is 20.8 Å². The number of nitrogen functional groups attached to an aromatic ring is 1. The molecule has 0 aliphatic carbocycles. The first-order valence-electron chi connectivity index (χ1n) is 6.28. The largest absolute Gasteiger partial charge is 0.434 e. The number of hydrogen-bond donors (Lipinski definition) is 1. The van der Waals surface area contributed by atoms with Gasteiger partial charge in [-0.3, -0.25) is 0 Å². The summed E-state index contributed by atoms with van der Waals surface area (Å²) in [5.41, 5.74) is 12.6. The van der Waals surface area contributed by atoms with Crippen molar-refractivity contribution < 1.29 is 4.42 Å². The lowest BCUT2D eigenvalue weighted by Crippen LogP contribution is -1.86. The van der Waals surface area contributed by atoms with Crippen molar-refractivity contribution in [3.05, 3.63) is 47.0 Å². The van der Waals surface area contributed by atoms with Crippen LogP contribution in [0.2, 0.25) is 0 Å².